The van der Waals surface area contributed by atoms with Crippen molar-refractivity contribution in [1.82, 2.24) is 19.5 Å². The Morgan fingerprint density at radius 3 is 2.67 bits per heavy atom. The van der Waals surface area contributed by atoms with Gasteiger partial charge in [0, 0.05) is 24.5 Å². The lowest BCUT2D eigenvalue weighted by Gasteiger charge is -2.26. The number of halogens is 3. The zero-order chi connectivity index (χ0) is 17.3. The smallest absolute Gasteiger partial charge is 0.153 e. The second kappa shape index (κ2) is 6.82. The van der Waals surface area contributed by atoms with Crippen molar-refractivity contribution in [2.24, 2.45) is 0 Å². The van der Waals surface area contributed by atoms with E-state index in [1.54, 1.807) is 42.1 Å². The molecule has 0 spiro atoms. The molecule has 3 rings (SSSR count). The molecule has 1 N–H and O–H groups in total. The first-order chi connectivity index (χ1) is 11.5. The monoisotopic (exact) mass is 395 g/mol. The molecule has 5 nitrogen and oxygen atoms in total. The van der Waals surface area contributed by atoms with Crippen LogP contribution in [0.15, 0.2) is 41.3 Å². The lowest BCUT2D eigenvalue weighted by Crippen LogP contribution is -2.29. The van der Waals surface area contributed by atoms with Gasteiger partial charge in [-0.3, -0.25) is 0 Å². The van der Waals surface area contributed by atoms with Gasteiger partial charge in [-0.15, -0.1) is 0 Å². The van der Waals surface area contributed by atoms with Crippen molar-refractivity contribution in [1.29, 1.82) is 0 Å². The maximum Gasteiger partial charge on any atom is 0.153 e. The molecule has 0 aliphatic heterocycles. The van der Waals surface area contributed by atoms with Gasteiger partial charge in [-0.05, 0) is 42.2 Å². The van der Waals surface area contributed by atoms with E-state index < -0.39 is 17.7 Å². The fourth-order valence-electron chi connectivity index (χ4n) is 2.60. The van der Waals surface area contributed by atoms with Crippen LogP contribution in [0.1, 0.15) is 11.6 Å². The minimum absolute atomic E-state index is 0.0366. The van der Waals surface area contributed by atoms with Crippen LogP contribution in [0.3, 0.4) is 0 Å². The lowest BCUT2D eigenvalue weighted by atomic mass is 10.0. The summed E-state index contributed by atoms with van der Waals surface area (Å²) in [6.45, 7) is 0.287. The van der Waals surface area contributed by atoms with Crippen LogP contribution in [0.5, 0.6) is 0 Å². The molecule has 1 atom stereocenters. The van der Waals surface area contributed by atoms with E-state index in [0.29, 0.717) is 5.82 Å². The van der Waals surface area contributed by atoms with E-state index in [2.05, 4.69) is 31.3 Å². The molecular weight excluding hydrogens is 380 g/mol. The quantitative estimate of drug-likeness (QED) is 0.718. The van der Waals surface area contributed by atoms with Crippen LogP contribution in [-0.2, 0) is 0 Å². The highest BCUT2D eigenvalue weighted by Crippen LogP contribution is 2.27. The average Bonchev–Trinajstić information content (AvgIpc) is 2.92. The van der Waals surface area contributed by atoms with Crippen molar-refractivity contribution < 1.29 is 8.78 Å². The van der Waals surface area contributed by atoms with Crippen molar-refractivity contribution in [2.75, 3.05) is 26.0 Å². The summed E-state index contributed by atoms with van der Waals surface area (Å²) in [5, 5.41) is 7.36. The highest BCUT2D eigenvalue weighted by Gasteiger charge is 2.22. The molecule has 8 heteroatoms. The van der Waals surface area contributed by atoms with Crippen LogP contribution >= 0.6 is 15.9 Å². The van der Waals surface area contributed by atoms with Crippen molar-refractivity contribution in [3.8, 4) is 0 Å². The van der Waals surface area contributed by atoms with Crippen LogP contribution in [0, 0.1) is 11.6 Å². The summed E-state index contributed by atoms with van der Waals surface area (Å²) in [6, 6.07) is 3.40. The molecule has 0 amide bonds. The topological polar surface area (TPSA) is 45.5 Å². The molecule has 0 bridgehead atoms. The first kappa shape index (κ1) is 16.8. The number of hydrogen-bond donors (Lipinski definition) is 1. The SMILES string of the molecule is CN(C)C(CNc1nccn2ncc(Br)c12)c1c(F)cccc1F. The summed E-state index contributed by atoms with van der Waals surface area (Å²) >= 11 is 3.43. The third kappa shape index (κ3) is 3.11. The summed E-state index contributed by atoms with van der Waals surface area (Å²) in [4.78, 5) is 6.07. The highest BCUT2D eigenvalue weighted by molar-refractivity contribution is 9.10. The van der Waals surface area contributed by atoms with Gasteiger partial charge in [-0.2, -0.15) is 5.10 Å². The fourth-order valence-corrected chi connectivity index (χ4v) is 3.06. The highest BCUT2D eigenvalue weighted by atomic mass is 79.9. The molecule has 0 aliphatic rings. The number of nitrogens with zero attached hydrogens (tertiary/aromatic N) is 4. The van der Waals surface area contributed by atoms with E-state index in [1.807, 2.05) is 0 Å². The van der Waals surface area contributed by atoms with E-state index in [0.717, 1.165) is 9.99 Å². The Hall–Kier alpha value is -2.06. The molecular formula is C16H16BrF2N5. The van der Waals surface area contributed by atoms with Crippen molar-refractivity contribution in [2.45, 2.75) is 6.04 Å². The van der Waals surface area contributed by atoms with Gasteiger partial charge in [0.05, 0.1) is 16.7 Å². The molecule has 1 aromatic carbocycles. The van der Waals surface area contributed by atoms with Crippen molar-refractivity contribution >= 4 is 27.3 Å². The normalized spacial score (nSPS) is 12.8. The Morgan fingerprint density at radius 1 is 1.29 bits per heavy atom. The number of hydrogen-bond acceptors (Lipinski definition) is 4. The average molecular weight is 396 g/mol. The van der Waals surface area contributed by atoms with Crippen LogP contribution < -0.4 is 5.32 Å². The number of rotatable bonds is 5. The number of aromatic nitrogens is 3. The van der Waals surface area contributed by atoms with Gasteiger partial charge in [-0.25, -0.2) is 18.3 Å². The van der Waals surface area contributed by atoms with Crippen molar-refractivity contribution in [3.05, 3.63) is 58.5 Å². The van der Waals surface area contributed by atoms with Gasteiger partial charge < -0.3 is 10.2 Å². The van der Waals surface area contributed by atoms with E-state index in [-0.39, 0.29) is 12.1 Å². The van der Waals surface area contributed by atoms with E-state index in [4.69, 9.17) is 0 Å². The Bertz CT molecular complexity index is 845. The van der Waals surface area contributed by atoms with E-state index in [9.17, 15) is 8.78 Å². The number of benzene rings is 1. The minimum atomic E-state index is -0.563. The predicted molar refractivity (Wildman–Crippen MR) is 92.0 cm³/mol. The van der Waals surface area contributed by atoms with Crippen LogP contribution in [0.25, 0.3) is 5.52 Å². The molecule has 0 saturated carbocycles. The van der Waals surface area contributed by atoms with Crippen molar-refractivity contribution in [3.63, 3.8) is 0 Å². The summed E-state index contributed by atoms with van der Waals surface area (Å²) in [5.74, 6) is -0.537. The Morgan fingerprint density at radius 2 is 2.00 bits per heavy atom. The van der Waals surface area contributed by atoms with Crippen LogP contribution in [-0.4, -0.2) is 40.1 Å². The molecule has 0 fully saturated rings. The summed E-state index contributed by atoms with van der Waals surface area (Å²) in [7, 11) is 3.56. The third-order valence-electron chi connectivity index (χ3n) is 3.81. The molecule has 3 aromatic rings. The molecule has 2 heterocycles. The molecule has 0 saturated heterocycles. The van der Waals surface area contributed by atoms with Gasteiger partial charge in [0.2, 0.25) is 0 Å². The number of anilines is 1. The number of likely N-dealkylation sites (N-methyl/N-ethyl adjacent to an activating group) is 1. The van der Waals surface area contributed by atoms with Gasteiger partial charge in [0.1, 0.15) is 17.2 Å². The zero-order valence-electron chi connectivity index (χ0n) is 13.2. The molecule has 1 unspecified atom stereocenters. The van der Waals surface area contributed by atoms with Gasteiger partial charge in [0.15, 0.2) is 5.82 Å². The number of nitrogens with one attached hydrogen (secondary N) is 1. The maximum atomic E-state index is 14.1. The zero-order valence-corrected chi connectivity index (χ0v) is 14.8. The summed E-state index contributed by atoms with van der Waals surface area (Å²) in [5.41, 5.74) is 0.804. The van der Waals surface area contributed by atoms with Gasteiger partial charge in [-0.1, -0.05) is 6.07 Å². The number of fused-ring (bicyclic) bond motifs is 1. The third-order valence-corrected chi connectivity index (χ3v) is 4.39. The van der Waals surface area contributed by atoms with E-state index in [1.165, 1.54) is 18.2 Å². The fraction of sp³-hybridized carbons (Fsp3) is 0.250. The first-order valence-electron chi connectivity index (χ1n) is 7.31. The van der Waals surface area contributed by atoms with Gasteiger partial charge in [0.25, 0.3) is 0 Å². The molecule has 126 valence electrons. The lowest BCUT2D eigenvalue weighted by molar-refractivity contribution is 0.295. The Kier molecular flexibility index (Phi) is 4.77. The standard InChI is InChI=1S/C16H16BrF2N5/c1-23(2)13(14-11(18)4-3-5-12(14)19)9-21-16-15-10(17)8-22-24(15)7-6-20-16/h3-8,13H,9H2,1-2H3,(H,20,21). The Labute approximate surface area is 146 Å². The van der Waals surface area contributed by atoms with Crippen LogP contribution in [0.2, 0.25) is 0 Å². The minimum Gasteiger partial charge on any atom is -0.366 e. The largest absolute Gasteiger partial charge is 0.366 e. The second-order valence-electron chi connectivity index (χ2n) is 5.56. The van der Waals surface area contributed by atoms with Crippen LogP contribution in [0.4, 0.5) is 14.6 Å². The second-order valence-corrected chi connectivity index (χ2v) is 6.41. The predicted octanol–water partition coefficient (Wildman–Crippen LogP) is 3.48. The first-order valence-corrected chi connectivity index (χ1v) is 8.10. The Balaban J connectivity index is 1.91. The molecule has 0 radical (unpaired) electrons. The van der Waals surface area contributed by atoms with E-state index >= 15 is 0 Å². The molecule has 2 aromatic heterocycles. The molecule has 0 aliphatic carbocycles. The van der Waals surface area contributed by atoms with Gasteiger partial charge >= 0.3 is 0 Å². The molecule has 24 heavy (non-hydrogen) atoms. The maximum absolute atomic E-state index is 14.1. The summed E-state index contributed by atoms with van der Waals surface area (Å²) < 4.78 is 30.7. The summed E-state index contributed by atoms with van der Waals surface area (Å²) in [6.07, 6.45) is 5.01.